The van der Waals surface area contributed by atoms with Crippen molar-refractivity contribution in [2.45, 2.75) is 45.7 Å². The van der Waals surface area contributed by atoms with Gasteiger partial charge in [0.05, 0.1) is 12.5 Å². The molecule has 1 heterocycles. The highest BCUT2D eigenvalue weighted by Gasteiger charge is 2.39. The maximum Gasteiger partial charge on any atom is 0.295 e. The fourth-order valence-electron chi connectivity index (χ4n) is 3.97. The Morgan fingerprint density at radius 1 is 1.10 bits per heavy atom. The fraction of sp³-hybridized carbons (Fsp3) is 0.304. The minimum Gasteiger partial charge on any atom is -0.310 e. The van der Waals surface area contributed by atoms with E-state index < -0.39 is 11.7 Å². The quantitative estimate of drug-likeness (QED) is 0.563. The zero-order valence-corrected chi connectivity index (χ0v) is 17.9. The van der Waals surface area contributed by atoms with Gasteiger partial charge in [0.25, 0.3) is 5.91 Å². The van der Waals surface area contributed by atoms with Crippen molar-refractivity contribution in [2.24, 2.45) is 0 Å². The minimum absolute atomic E-state index is 0.125. The van der Waals surface area contributed by atoms with Crippen molar-refractivity contribution in [2.75, 3.05) is 9.80 Å². The first kappa shape index (κ1) is 21.7. The van der Waals surface area contributed by atoms with Gasteiger partial charge in [0, 0.05) is 35.1 Å². The normalized spacial score (nSPS) is 17.8. The molecular weight excluding hydrogens is 402 g/mol. The lowest BCUT2D eigenvalue weighted by atomic mass is 9.89. The van der Waals surface area contributed by atoms with Crippen LogP contribution in [0.25, 0.3) is 0 Å². The van der Waals surface area contributed by atoms with Crippen molar-refractivity contribution in [3.63, 3.8) is 0 Å². The van der Waals surface area contributed by atoms with Crippen molar-refractivity contribution in [3.8, 4) is 0 Å². The average Bonchev–Trinajstić information content (AvgIpc) is 2.68. The Morgan fingerprint density at radius 2 is 1.73 bits per heavy atom. The number of ketones is 1. The SMILES string of the molecule is CC(=N)CC(=O)C(=O)N1c2ccccc2C(N(C(C)=O)c2ccc(Cl)cc2)CC1C. The van der Waals surface area contributed by atoms with Crippen LogP contribution in [0.3, 0.4) is 0 Å². The van der Waals surface area contributed by atoms with Crippen molar-refractivity contribution >= 4 is 46.3 Å². The third-order valence-corrected chi connectivity index (χ3v) is 5.45. The van der Waals surface area contributed by atoms with Gasteiger partial charge in [-0.2, -0.15) is 0 Å². The van der Waals surface area contributed by atoms with Crippen molar-refractivity contribution in [1.82, 2.24) is 0 Å². The second-order valence-electron chi connectivity index (χ2n) is 7.58. The highest BCUT2D eigenvalue weighted by molar-refractivity contribution is 6.44. The Balaban J connectivity index is 2.05. The Kier molecular flexibility index (Phi) is 6.37. The Bertz CT molecular complexity index is 1000. The van der Waals surface area contributed by atoms with Crippen LogP contribution in [0.5, 0.6) is 0 Å². The van der Waals surface area contributed by atoms with Gasteiger partial charge >= 0.3 is 0 Å². The van der Waals surface area contributed by atoms with Gasteiger partial charge < -0.3 is 15.2 Å². The molecule has 0 aromatic heterocycles. The monoisotopic (exact) mass is 425 g/mol. The van der Waals surface area contributed by atoms with Crippen LogP contribution in [-0.4, -0.2) is 29.4 Å². The van der Waals surface area contributed by atoms with E-state index in [2.05, 4.69) is 0 Å². The standard InChI is InChI=1S/C23H24ClN3O3/c1-14(25)12-22(29)23(30)26-15(2)13-21(19-6-4-5-7-20(19)26)27(16(3)28)18-10-8-17(24)9-11-18/h4-11,15,21,25H,12-13H2,1-3H3. The minimum atomic E-state index is -0.624. The van der Waals surface area contributed by atoms with Crippen LogP contribution >= 0.6 is 11.6 Å². The first-order valence-corrected chi connectivity index (χ1v) is 10.1. The van der Waals surface area contributed by atoms with E-state index in [0.717, 1.165) is 5.56 Å². The number of anilines is 2. The summed E-state index contributed by atoms with van der Waals surface area (Å²) >= 11 is 6.01. The maximum absolute atomic E-state index is 12.9. The molecule has 0 saturated heterocycles. The number of rotatable bonds is 5. The molecule has 2 unspecified atom stereocenters. The number of benzene rings is 2. The molecule has 1 aliphatic rings. The molecule has 0 aliphatic carbocycles. The molecule has 2 aromatic carbocycles. The average molecular weight is 426 g/mol. The molecule has 156 valence electrons. The maximum atomic E-state index is 12.9. The highest BCUT2D eigenvalue weighted by Crippen LogP contribution is 2.42. The molecule has 3 rings (SSSR count). The molecule has 0 radical (unpaired) electrons. The molecule has 0 bridgehead atoms. The van der Waals surface area contributed by atoms with Crippen LogP contribution in [0.15, 0.2) is 48.5 Å². The number of nitrogens with zero attached hydrogens (tertiary/aromatic N) is 2. The lowest BCUT2D eigenvalue weighted by molar-refractivity contribution is -0.136. The molecule has 1 N–H and O–H groups in total. The van der Waals surface area contributed by atoms with E-state index >= 15 is 0 Å². The summed E-state index contributed by atoms with van der Waals surface area (Å²) in [5.74, 6) is -1.36. The van der Waals surface area contributed by atoms with Gasteiger partial charge in [-0.15, -0.1) is 0 Å². The van der Waals surface area contributed by atoms with Crippen LogP contribution in [0.2, 0.25) is 5.02 Å². The van der Waals surface area contributed by atoms with E-state index in [0.29, 0.717) is 22.8 Å². The summed E-state index contributed by atoms with van der Waals surface area (Å²) in [5.41, 5.74) is 2.28. The zero-order chi connectivity index (χ0) is 22.0. The summed E-state index contributed by atoms with van der Waals surface area (Å²) in [6, 6.07) is 13.8. The fourth-order valence-corrected chi connectivity index (χ4v) is 4.10. The number of carbonyl (C=O) groups is 3. The lowest BCUT2D eigenvalue weighted by Gasteiger charge is -2.43. The van der Waals surface area contributed by atoms with Gasteiger partial charge in [-0.25, -0.2) is 0 Å². The zero-order valence-electron chi connectivity index (χ0n) is 17.2. The first-order chi connectivity index (χ1) is 14.2. The summed E-state index contributed by atoms with van der Waals surface area (Å²) < 4.78 is 0. The number of hydrogen-bond donors (Lipinski definition) is 1. The third-order valence-electron chi connectivity index (χ3n) is 5.20. The number of Topliss-reactive ketones (excluding diaryl/α,β-unsaturated/α-hetero) is 1. The molecule has 2 amide bonds. The Morgan fingerprint density at radius 3 is 2.33 bits per heavy atom. The second-order valence-corrected chi connectivity index (χ2v) is 8.02. The molecule has 30 heavy (non-hydrogen) atoms. The van der Waals surface area contributed by atoms with Crippen molar-refractivity contribution in [3.05, 3.63) is 59.1 Å². The number of fused-ring (bicyclic) bond motifs is 1. The summed E-state index contributed by atoms with van der Waals surface area (Å²) in [5, 5.41) is 8.11. The molecule has 6 nitrogen and oxygen atoms in total. The predicted octanol–water partition coefficient (Wildman–Crippen LogP) is 4.56. The Labute approximate surface area is 180 Å². The molecule has 2 atom stereocenters. The molecule has 0 saturated carbocycles. The topological polar surface area (TPSA) is 81.5 Å². The smallest absolute Gasteiger partial charge is 0.295 e. The third kappa shape index (κ3) is 4.28. The lowest BCUT2D eigenvalue weighted by Crippen LogP contribution is -2.49. The number of nitrogens with one attached hydrogen (secondary N) is 1. The van der Waals surface area contributed by atoms with E-state index in [-0.39, 0.29) is 30.1 Å². The van der Waals surface area contributed by atoms with Crippen LogP contribution in [-0.2, 0) is 14.4 Å². The van der Waals surface area contributed by atoms with Gasteiger partial charge in [-0.3, -0.25) is 14.4 Å². The molecular formula is C23H24ClN3O3. The summed E-state index contributed by atoms with van der Waals surface area (Å²) in [6.45, 7) is 4.88. The molecule has 7 heteroatoms. The second kappa shape index (κ2) is 8.79. The van der Waals surface area contributed by atoms with Gasteiger partial charge in [0.15, 0.2) is 0 Å². The van der Waals surface area contributed by atoms with Gasteiger partial charge in [-0.1, -0.05) is 29.8 Å². The number of carbonyl (C=O) groups excluding carboxylic acids is 3. The van der Waals surface area contributed by atoms with Gasteiger partial charge in [0.1, 0.15) is 0 Å². The van der Waals surface area contributed by atoms with Crippen molar-refractivity contribution < 1.29 is 14.4 Å². The summed E-state index contributed by atoms with van der Waals surface area (Å²) in [4.78, 5) is 41.1. The molecule has 0 fully saturated rings. The van der Waals surface area contributed by atoms with E-state index in [9.17, 15) is 14.4 Å². The Hall–Kier alpha value is -2.99. The largest absolute Gasteiger partial charge is 0.310 e. The molecule has 2 aromatic rings. The summed E-state index contributed by atoms with van der Waals surface area (Å²) in [6.07, 6.45) is 0.278. The number of amides is 2. The summed E-state index contributed by atoms with van der Waals surface area (Å²) in [7, 11) is 0. The molecule has 1 aliphatic heterocycles. The number of halogens is 1. The van der Waals surface area contributed by atoms with Gasteiger partial charge in [0.2, 0.25) is 11.7 Å². The molecule has 0 spiro atoms. The highest BCUT2D eigenvalue weighted by atomic mass is 35.5. The van der Waals surface area contributed by atoms with Crippen LogP contribution in [0, 0.1) is 5.41 Å². The predicted molar refractivity (Wildman–Crippen MR) is 118 cm³/mol. The van der Waals surface area contributed by atoms with E-state index in [1.165, 1.54) is 18.7 Å². The van der Waals surface area contributed by atoms with Crippen LogP contribution < -0.4 is 9.80 Å². The van der Waals surface area contributed by atoms with Crippen LogP contribution in [0.4, 0.5) is 11.4 Å². The number of para-hydroxylation sites is 1. The van der Waals surface area contributed by atoms with E-state index in [1.807, 2.05) is 19.1 Å². The first-order valence-electron chi connectivity index (χ1n) is 9.75. The number of hydrogen-bond acceptors (Lipinski definition) is 4. The van der Waals surface area contributed by atoms with Gasteiger partial charge in [-0.05, 0) is 56.2 Å². The van der Waals surface area contributed by atoms with E-state index in [4.69, 9.17) is 17.0 Å². The van der Waals surface area contributed by atoms with E-state index in [1.54, 1.807) is 41.3 Å². The van der Waals surface area contributed by atoms with Crippen LogP contribution in [0.1, 0.15) is 45.2 Å². The van der Waals surface area contributed by atoms with Crippen molar-refractivity contribution in [1.29, 1.82) is 5.41 Å².